The number of nitrogens with two attached hydrogens (primary N) is 1. The zero-order chi connectivity index (χ0) is 9.84. The highest BCUT2D eigenvalue weighted by Crippen LogP contribution is 2.35. The van der Waals surface area contributed by atoms with E-state index in [1.807, 2.05) is 6.92 Å². The standard InChI is InChI=1S/C10H20N2O/c1-3-9(11)10(13)12-6-7(2)8-4-5-8/h7-9H,3-6,11H2,1-2H3,(H,12,13)/t7?,9-/m1/s1. The third-order valence-corrected chi connectivity index (χ3v) is 2.80. The van der Waals surface area contributed by atoms with E-state index in [9.17, 15) is 4.79 Å². The van der Waals surface area contributed by atoms with Crippen molar-refractivity contribution in [1.29, 1.82) is 0 Å². The molecule has 0 saturated heterocycles. The molecule has 1 rings (SSSR count). The van der Waals surface area contributed by atoms with E-state index < -0.39 is 0 Å². The van der Waals surface area contributed by atoms with Crippen molar-refractivity contribution >= 4 is 5.91 Å². The second-order valence-electron chi connectivity index (χ2n) is 4.07. The molecular weight excluding hydrogens is 164 g/mol. The number of carbonyl (C=O) groups is 1. The lowest BCUT2D eigenvalue weighted by molar-refractivity contribution is -0.122. The van der Waals surface area contributed by atoms with Gasteiger partial charge in [-0.3, -0.25) is 4.79 Å². The molecule has 0 aromatic carbocycles. The van der Waals surface area contributed by atoms with Gasteiger partial charge in [0.25, 0.3) is 0 Å². The Labute approximate surface area is 80.1 Å². The van der Waals surface area contributed by atoms with Gasteiger partial charge >= 0.3 is 0 Å². The van der Waals surface area contributed by atoms with E-state index in [1.54, 1.807) is 0 Å². The predicted molar refractivity (Wildman–Crippen MR) is 53.2 cm³/mol. The van der Waals surface area contributed by atoms with Gasteiger partial charge in [-0.2, -0.15) is 0 Å². The monoisotopic (exact) mass is 184 g/mol. The maximum Gasteiger partial charge on any atom is 0.236 e. The van der Waals surface area contributed by atoms with E-state index in [0.717, 1.165) is 12.5 Å². The Morgan fingerprint density at radius 3 is 2.69 bits per heavy atom. The van der Waals surface area contributed by atoms with Crippen molar-refractivity contribution in [2.24, 2.45) is 17.6 Å². The quantitative estimate of drug-likeness (QED) is 0.666. The van der Waals surface area contributed by atoms with Crippen molar-refractivity contribution in [2.75, 3.05) is 6.54 Å². The van der Waals surface area contributed by atoms with Crippen LogP contribution in [0.2, 0.25) is 0 Å². The van der Waals surface area contributed by atoms with Gasteiger partial charge < -0.3 is 11.1 Å². The fourth-order valence-electron chi connectivity index (χ4n) is 1.41. The minimum absolute atomic E-state index is 0.00463. The van der Waals surface area contributed by atoms with Crippen LogP contribution in [0.15, 0.2) is 0 Å². The summed E-state index contributed by atoms with van der Waals surface area (Å²) in [7, 11) is 0. The van der Waals surface area contributed by atoms with Crippen molar-refractivity contribution in [3.63, 3.8) is 0 Å². The van der Waals surface area contributed by atoms with E-state index in [2.05, 4.69) is 12.2 Å². The van der Waals surface area contributed by atoms with Crippen LogP contribution in [-0.2, 0) is 4.79 Å². The second kappa shape index (κ2) is 4.61. The summed E-state index contributed by atoms with van der Waals surface area (Å²) in [5.74, 6) is 1.46. The Morgan fingerprint density at radius 2 is 2.23 bits per heavy atom. The van der Waals surface area contributed by atoms with Crippen LogP contribution in [0.1, 0.15) is 33.1 Å². The first-order chi connectivity index (χ1) is 6.15. The lowest BCUT2D eigenvalue weighted by Gasteiger charge is -2.13. The molecule has 0 radical (unpaired) electrons. The van der Waals surface area contributed by atoms with E-state index in [0.29, 0.717) is 12.3 Å². The first kappa shape index (κ1) is 10.5. The third-order valence-electron chi connectivity index (χ3n) is 2.80. The lowest BCUT2D eigenvalue weighted by Crippen LogP contribution is -2.41. The summed E-state index contributed by atoms with van der Waals surface area (Å²) in [5, 5.41) is 2.89. The van der Waals surface area contributed by atoms with Gasteiger partial charge in [-0.05, 0) is 31.1 Å². The summed E-state index contributed by atoms with van der Waals surface area (Å²) in [6.07, 6.45) is 3.37. The Morgan fingerprint density at radius 1 is 1.62 bits per heavy atom. The van der Waals surface area contributed by atoms with Gasteiger partial charge in [-0.25, -0.2) is 0 Å². The smallest absolute Gasteiger partial charge is 0.236 e. The molecule has 1 amide bonds. The van der Waals surface area contributed by atoms with Crippen molar-refractivity contribution in [1.82, 2.24) is 5.32 Å². The van der Waals surface area contributed by atoms with Gasteiger partial charge in [0.1, 0.15) is 0 Å². The zero-order valence-corrected chi connectivity index (χ0v) is 8.55. The SMILES string of the molecule is CC[C@@H](N)C(=O)NCC(C)C1CC1. The molecule has 0 bridgehead atoms. The molecular formula is C10H20N2O. The van der Waals surface area contributed by atoms with Gasteiger partial charge in [0.05, 0.1) is 6.04 Å². The molecule has 2 atom stereocenters. The molecule has 0 aliphatic heterocycles. The molecule has 3 nitrogen and oxygen atoms in total. The predicted octanol–water partition coefficient (Wildman–Crippen LogP) is 0.886. The van der Waals surface area contributed by atoms with Crippen molar-refractivity contribution in [3.05, 3.63) is 0 Å². The summed E-state index contributed by atoms with van der Waals surface area (Å²) < 4.78 is 0. The van der Waals surface area contributed by atoms with Gasteiger partial charge in [0, 0.05) is 6.54 Å². The highest BCUT2D eigenvalue weighted by atomic mass is 16.2. The minimum Gasteiger partial charge on any atom is -0.354 e. The highest BCUT2D eigenvalue weighted by molar-refractivity contribution is 5.81. The minimum atomic E-state index is -0.327. The molecule has 76 valence electrons. The molecule has 1 fully saturated rings. The highest BCUT2D eigenvalue weighted by Gasteiger charge is 2.28. The van der Waals surface area contributed by atoms with Gasteiger partial charge in [-0.1, -0.05) is 13.8 Å². The molecule has 13 heavy (non-hydrogen) atoms. The van der Waals surface area contributed by atoms with Crippen LogP contribution in [0.5, 0.6) is 0 Å². The number of rotatable bonds is 5. The first-order valence-corrected chi connectivity index (χ1v) is 5.18. The van der Waals surface area contributed by atoms with Crippen LogP contribution in [-0.4, -0.2) is 18.5 Å². The second-order valence-corrected chi connectivity index (χ2v) is 4.07. The summed E-state index contributed by atoms with van der Waals surface area (Å²) in [4.78, 5) is 11.3. The Kier molecular flexibility index (Phi) is 3.72. The molecule has 3 N–H and O–H groups in total. The number of nitrogens with one attached hydrogen (secondary N) is 1. The Balaban J connectivity index is 2.13. The first-order valence-electron chi connectivity index (χ1n) is 5.18. The zero-order valence-electron chi connectivity index (χ0n) is 8.55. The Bertz CT molecular complexity index is 178. The van der Waals surface area contributed by atoms with E-state index >= 15 is 0 Å². The van der Waals surface area contributed by atoms with Crippen LogP contribution in [0, 0.1) is 11.8 Å². The Hall–Kier alpha value is -0.570. The van der Waals surface area contributed by atoms with Gasteiger partial charge in [-0.15, -0.1) is 0 Å². The van der Waals surface area contributed by atoms with Gasteiger partial charge in [0.2, 0.25) is 5.91 Å². The van der Waals surface area contributed by atoms with E-state index in [-0.39, 0.29) is 11.9 Å². The fourth-order valence-corrected chi connectivity index (χ4v) is 1.41. The molecule has 1 aliphatic carbocycles. The van der Waals surface area contributed by atoms with Crippen molar-refractivity contribution in [3.8, 4) is 0 Å². The van der Waals surface area contributed by atoms with Crippen LogP contribution in [0.4, 0.5) is 0 Å². The number of hydrogen-bond acceptors (Lipinski definition) is 2. The van der Waals surface area contributed by atoms with Crippen molar-refractivity contribution in [2.45, 2.75) is 39.2 Å². The van der Waals surface area contributed by atoms with Crippen LogP contribution in [0.25, 0.3) is 0 Å². The van der Waals surface area contributed by atoms with Crippen LogP contribution >= 0.6 is 0 Å². The molecule has 1 aliphatic rings. The summed E-state index contributed by atoms with van der Waals surface area (Å²) in [6.45, 7) is 4.90. The molecule has 0 aromatic rings. The molecule has 0 aromatic heterocycles. The summed E-state index contributed by atoms with van der Waals surface area (Å²) >= 11 is 0. The number of hydrogen-bond donors (Lipinski definition) is 2. The van der Waals surface area contributed by atoms with E-state index in [1.165, 1.54) is 12.8 Å². The number of carbonyl (C=O) groups excluding carboxylic acids is 1. The molecule has 0 heterocycles. The normalized spacial score (nSPS) is 20.8. The summed E-state index contributed by atoms with van der Waals surface area (Å²) in [6, 6.07) is -0.327. The van der Waals surface area contributed by atoms with Gasteiger partial charge in [0.15, 0.2) is 0 Å². The third kappa shape index (κ3) is 3.35. The topological polar surface area (TPSA) is 55.1 Å². The maximum absolute atomic E-state index is 11.3. The number of amides is 1. The van der Waals surface area contributed by atoms with Crippen LogP contribution < -0.4 is 11.1 Å². The molecule has 3 heteroatoms. The fraction of sp³-hybridized carbons (Fsp3) is 0.900. The average molecular weight is 184 g/mol. The molecule has 1 unspecified atom stereocenters. The largest absolute Gasteiger partial charge is 0.354 e. The van der Waals surface area contributed by atoms with Crippen LogP contribution in [0.3, 0.4) is 0 Å². The lowest BCUT2D eigenvalue weighted by atomic mass is 10.1. The molecule has 1 saturated carbocycles. The maximum atomic E-state index is 11.3. The van der Waals surface area contributed by atoms with E-state index in [4.69, 9.17) is 5.73 Å². The average Bonchev–Trinajstić information content (AvgIpc) is 2.95. The molecule has 0 spiro atoms. The summed E-state index contributed by atoms with van der Waals surface area (Å²) in [5.41, 5.74) is 5.58. The van der Waals surface area contributed by atoms with Crippen molar-refractivity contribution < 1.29 is 4.79 Å².